The molecule has 0 atom stereocenters. The van der Waals surface area contributed by atoms with Gasteiger partial charge in [-0.1, -0.05) is 11.6 Å². The second-order valence-electron chi connectivity index (χ2n) is 5.55. The van der Waals surface area contributed by atoms with Crippen molar-refractivity contribution in [1.82, 2.24) is 9.97 Å². The molecule has 0 radical (unpaired) electrons. The van der Waals surface area contributed by atoms with E-state index in [4.69, 9.17) is 21.3 Å². The van der Waals surface area contributed by atoms with Crippen LogP contribution in [-0.4, -0.2) is 36.3 Å². The number of hydrogen-bond acceptors (Lipinski definition) is 4. The Hall–Kier alpha value is -0.870. The molecule has 0 aromatic carbocycles. The average Bonchev–Trinajstić information content (AvgIpc) is 3.26. The second-order valence-corrected chi connectivity index (χ2v) is 5.91. The molecule has 4 nitrogen and oxygen atoms in total. The lowest BCUT2D eigenvalue weighted by Crippen LogP contribution is -2.37. The quantitative estimate of drug-likeness (QED) is 0.799. The molecule has 1 aliphatic heterocycles. The Kier molecular flexibility index (Phi) is 3.63. The van der Waals surface area contributed by atoms with Crippen LogP contribution in [0.15, 0.2) is 0 Å². The van der Waals surface area contributed by atoms with Crippen LogP contribution < -0.4 is 4.90 Å². The van der Waals surface area contributed by atoms with Crippen molar-refractivity contribution in [2.45, 2.75) is 44.6 Å². The van der Waals surface area contributed by atoms with E-state index < -0.39 is 0 Å². The number of hydrogen-bond donors (Lipinski definition) is 0. The topological polar surface area (TPSA) is 38.2 Å². The van der Waals surface area contributed by atoms with Crippen LogP contribution >= 0.6 is 11.6 Å². The fourth-order valence-electron chi connectivity index (χ4n) is 2.61. The Balaban J connectivity index is 1.89. The number of halogens is 1. The lowest BCUT2D eigenvalue weighted by molar-refractivity contribution is 0.0853. The molecule has 1 saturated carbocycles. The van der Waals surface area contributed by atoms with Gasteiger partial charge in [0.25, 0.3) is 0 Å². The third-order valence-electron chi connectivity index (χ3n) is 4.09. The lowest BCUT2D eigenvalue weighted by atomic mass is 10.1. The van der Waals surface area contributed by atoms with E-state index in [1.54, 1.807) is 0 Å². The number of ether oxygens (including phenoxy) is 1. The first-order valence-electron chi connectivity index (χ1n) is 7.01. The minimum Gasteiger partial charge on any atom is -0.381 e. The van der Waals surface area contributed by atoms with Gasteiger partial charge in [-0.2, -0.15) is 0 Å². The predicted octanol–water partition coefficient (Wildman–Crippen LogP) is 2.93. The van der Waals surface area contributed by atoms with Crippen molar-refractivity contribution in [2.24, 2.45) is 0 Å². The van der Waals surface area contributed by atoms with Crippen LogP contribution in [0.25, 0.3) is 0 Å². The number of nitrogens with zero attached hydrogens (tertiary/aromatic N) is 3. The highest BCUT2D eigenvalue weighted by Gasteiger charge is 2.29. The zero-order chi connectivity index (χ0) is 13.4. The summed E-state index contributed by atoms with van der Waals surface area (Å²) in [7, 11) is 2.11. The molecule has 0 bridgehead atoms. The zero-order valence-corrected chi connectivity index (χ0v) is 12.3. The van der Waals surface area contributed by atoms with Crippen LogP contribution in [0.4, 0.5) is 5.82 Å². The molecular formula is C14H20ClN3O. The smallest absolute Gasteiger partial charge is 0.137 e. The van der Waals surface area contributed by atoms with E-state index in [2.05, 4.69) is 16.9 Å². The van der Waals surface area contributed by atoms with Gasteiger partial charge in [0.1, 0.15) is 16.8 Å². The van der Waals surface area contributed by atoms with Gasteiger partial charge in [-0.05, 0) is 32.6 Å². The molecule has 104 valence electrons. The highest BCUT2D eigenvalue weighted by atomic mass is 35.5. The van der Waals surface area contributed by atoms with Crippen LogP contribution in [0.3, 0.4) is 0 Å². The summed E-state index contributed by atoms with van der Waals surface area (Å²) >= 11 is 6.27. The summed E-state index contributed by atoms with van der Waals surface area (Å²) in [4.78, 5) is 11.4. The Morgan fingerprint density at radius 2 is 1.84 bits per heavy atom. The van der Waals surface area contributed by atoms with Gasteiger partial charge in [0, 0.05) is 37.8 Å². The molecule has 2 fully saturated rings. The normalized spacial score (nSPS) is 20.6. The van der Waals surface area contributed by atoms with Gasteiger partial charge in [0.2, 0.25) is 0 Å². The third-order valence-corrected chi connectivity index (χ3v) is 4.46. The summed E-state index contributed by atoms with van der Waals surface area (Å²) in [6.07, 6.45) is 4.49. The Morgan fingerprint density at radius 3 is 2.47 bits per heavy atom. The van der Waals surface area contributed by atoms with Gasteiger partial charge < -0.3 is 9.64 Å². The van der Waals surface area contributed by atoms with Crippen LogP contribution in [-0.2, 0) is 4.74 Å². The Bertz CT molecular complexity index is 470. The molecule has 1 aromatic heterocycles. The minimum atomic E-state index is 0.491. The summed E-state index contributed by atoms with van der Waals surface area (Å²) < 4.78 is 5.43. The first kappa shape index (κ1) is 13.1. The van der Waals surface area contributed by atoms with E-state index in [1.807, 2.05) is 6.92 Å². The summed E-state index contributed by atoms with van der Waals surface area (Å²) in [6, 6.07) is 0.491. The molecule has 1 aromatic rings. The van der Waals surface area contributed by atoms with E-state index in [1.165, 1.54) is 12.8 Å². The van der Waals surface area contributed by atoms with E-state index in [-0.39, 0.29) is 0 Å². The number of anilines is 1. The van der Waals surface area contributed by atoms with E-state index >= 15 is 0 Å². The molecule has 2 heterocycles. The van der Waals surface area contributed by atoms with Gasteiger partial charge in [-0.15, -0.1) is 0 Å². The molecule has 0 N–H and O–H groups in total. The van der Waals surface area contributed by atoms with E-state index in [0.717, 1.165) is 43.3 Å². The molecule has 0 spiro atoms. The number of rotatable bonds is 3. The molecule has 1 aliphatic carbocycles. The predicted molar refractivity (Wildman–Crippen MR) is 76.0 cm³/mol. The van der Waals surface area contributed by atoms with Crippen LogP contribution in [0.2, 0.25) is 5.15 Å². The lowest BCUT2D eigenvalue weighted by Gasteiger charge is -2.33. The SMILES string of the molecule is Cc1c(Cl)nc(C2CC2)nc1N(C)C1CCOCC1. The Morgan fingerprint density at radius 1 is 1.16 bits per heavy atom. The summed E-state index contributed by atoms with van der Waals surface area (Å²) in [5.41, 5.74) is 0.986. The van der Waals surface area contributed by atoms with Gasteiger partial charge in [-0.25, -0.2) is 9.97 Å². The number of aromatic nitrogens is 2. The zero-order valence-electron chi connectivity index (χ0n) is 11.5. The fourth-order valence-corrected chi connectivity index (χ4v) is 2.78. The molecule has 2 aliphatic rings. The third kappa shape index (κ3) is 2.70. The highest BCUT2D eigenvalue weighted by Crippen LogP contribution is 2.40. The second kappa shape index (κ2) is 5.25. The van der Waals surface area contributed by atoms with E-state index in [0.29, 0.717) is 17.1 Å². The van der Waals surface area contributed by atoms with Gasteiger partial charge in [0.15, 0.2) is 0 Å². The van der Waals surface area contributed by atoms with Crippen LogP contribution in [0.1, 0.15) is 43.0 Å². The average molecular weight is 282 g/mol. The van der Waals surface area contributed by atoms with Gasteiger partial charge >= 0.3 is 0 Å². The van der Waals surface area contributed by atoms with Crippen molar-refractivity contribution in [3.63, 3.8) is 0 Å². The first-order chi connectivity index (χ1) is 9.16. The first-order valence-corrected chi connectivity index (χ1v) is 7.39. The molecule has 0 unspecified atom stereocenters. The Labute approximate surface area is 119 Å². The van der Waals surface area contributed by atoms with Crippen molar-refractivity contribution in [1.29, 1.82) is 0 Å². The van der Waals surface area contributed by atoms with Crippen molar-refractivity contribution < 1.29 is 4.74 Å². The summed E-state index contributed by atoms with van der Waals surface area (Å²) in [5, 5.41) is 0.603. The maximum Gasteiger partial charge on any atom is 0.137 e. The molecular weight excluding hydrogens is 262 g/mol. The minimum absolute atomic E-state index is 0.491. The molecule has 19 heavy (non-hydrogen) atoms. The van der Waals surface area contributed by atoms with Crippen LogP contribution in [0.5, 0.6) is 0 Å². The molecule has 1 saturated heterocycles. The van der Waals surface area contributed by atoms with Crippen molar-refractivity contribution in [2.75, 3.05) is 25.2 Å². The standard InChI is InChI=1S/C14H20ClN3O/c1-9-12(15)16-13(10-3-4-10)17-14(9)18(2)11-5-7-19-8-6-11/h10-11H,3-8H2,1-2H3. The van der Waals surface area contributed by atoms with Crippen molar-refractivity contribution in [3.8, 4) is 0 Å². The highest BCUT2D eigenvalue weighted by molar-refractivity contribution is 6.30. The fraction of sp³-hybridized carbons (Fsp3) is 0.714. The van der Waals surface area contributed by atoms with Crippen molar-refractivity contribution in [3.05, 3.63) is 16.5 Å². The monoisotopic (exact) mass is 281 g/mol. The summed E-state index contributed by atoms with van der Waals surface area (Å²) in [6.45, 7) is 3.68. The van der Waals surface area contributed by atoms with E-state index in [9.17, 15) is 0 Å². The largest absolute Gasteiger partial charge is 0.381 e. The maximum atomic E-state index is 6.27. The molecule has 3 rings (SSSR count). The molecule has 0 amide bonds. The van der Waals surface area contributed by atoms with Crippen molar-refractivity contribution >= 4 is 17.4 Å². The summed E-state index contributed by atoms with van der Waals surface area (Å²) in [5.74, 6) is 2.44. The van der Waals surface area contributed by atoms with Gasteiger partial charge in [-0.3, -0.25) is 0 Å². The molecule has 5 heteroatoms. The van der Waals surface area contributed by atoms with Gasteiger partial charge in [0.05, 0.1) is 0 Å². The maximum absolute atomic E-state index is 6.27. The van der Waals surface area contributed by atoms with Crippen LogP contribution in [0, 0.1) is 6.92 Å².